The van der Waals surface area contributed by atoms with Crippen molar-refractivity contribution >= 4 is 41.0 Å². The van der Waals surface area contributed by atoms with E-state index < -0.39 is 5.97 Å². The summed E-state index contributed by atoms with van der Waals surface area (Å²) in [4.78, 5) is 23.7. The van der Waals surface area contributed by atoms with Crippen LogP contribution >= 0.6 is 23.4 Å². The van der Waals surface area contributed by atoms with E-state index in [0.717, 1.165) is 22.6 Å². The van der Waals surface area contributed by atoms with Gasteiger partial charge < -0.3 is 9.47 Å². The first-order chi connectivity index (χ1) is 18.3. The number of hydrogen-bond donors (Lipinski definition) is 1. The number of methoxy groups -OCH3 is 1. The molecule has 1 heterocycles. The molecule has 11 heteroatoms. The van der Waals surface area contributed by atoms with Crippen LogP contribution in [-0.4, -0.2) is 45.2 Å². The van der Waals surface area contributed by atoms with Gasteiger partial charge in [-0.1, -0.05) is 23.4 Å². The van der Waals surface area contributed by atoms with Gasteiger partial charge in [0.2, 0.25) is 0 Å². The van der Waals surface area contributed by atoms with Crippen molar-refractivity contribution in [1.82, 2.24) is 20.2 Å². The minimum atomic E-state index is -0.393. The molecule has 4 aromatic rings. The van der Waals surface area contributed by atoms with Crippen molar-refractivity contribution in [2.75, 3.05) is 12.9 Å². The molecule has 0 atom stereocenters. The lowest BCUT2D eigenvalue weighted by Crippen LogP contribution is -2.21. The quantitative estimate of drug-likeness (QED) is 0.101. The number of nitrogens with one attached hydrogen (secondary N) is 1. The van der Waals surface area contributed by atoms with Crippen molar-refractivity contribution < 1.29 is 19.1 Å². The molecule has 1 N–H and O–H groups in total. The Bertz CT molecular complexity index is 1450. The second kappa shape index (κ2) is 12.4. The van der Waals surface area contributed by atoms with Crippen LogP contribution in [-0.2, 0) is 9.59 Å². The number of carbonyl (C=O) groups is 2. The second-order valence-electron chi connectivity index (χ2n) is 7.99. The number of hydrogen-bond acceptors (Lipinski definition) is 8. The summed E-state index contributed by atoms with van der Waals surface area (Å²) in [5, 5.41) is 14.1. The predicted molar refractivity (Wildman–Crippen MR) is 147 cm³/mol. The molecule has 0 radical (unpaired) electrons. The number of esters is 1. The molecular weight excluding hydrogens is 526 g/mol. The highest BCUT2D eigenvalue weighted by Gasteiger charge is 2.17. The number of carbonyl (C=O) groups excluding carboxylic acids is 2. The largest absolute Gasteiger partial charge is 0.497 e. The van der Waals surface area contributed by atoms with E-state index in [9.17, 15) is 9.59 Å². The Labute approximate surface area is 228 Å². The topological polar surface area (TPSA) is 108 Å². The maximum absolute atomic E-state index is 12.6. The van der Waals surface area contributed by atoms with E-state index >= 15 is 0 Å². The van der Waals surface area contributed by atoms with E-state index in [-0.39, 0.29) is 11.7 Å². The summed E-state index contributed by atoms with van der Waals surface area (Å²) in [6, 6.07) is 21.6. The summed E-state index contributed by atoms with van der Waals surface area (Å²) in [7, 11) is 1.61. The predicted octanol–water partition coefficient (Wildman–Crippen LogP) is 5.15. The van der Waals surface area contributed by atoms with E-state index in [4.69, 9.17) is 21.1 Å². The van der Waals surface area contributed by atoms with Crippen LogP contribution in [0.25, 0.3) is 17.1 Å². The van der Waals surface area contributed by atoms with Gasteiger partial charge >= 0.3 is 5.97 Å². The van der Waals surface area contributed by atoms with Crippen molar-refractivity contribution in [3.8, 4) is 28.6 Å². The van der Waals surface area contributed by atoms with Crippen LogP contribution in [0.5, 0.6) is 11.5 Å². The number of benzene rings is 3. The minimum absolute atomic E-state index is 0.0660. The van der Waals surface area contributed by atoms with E-state index in [0.29, 0.717) is 27.5 Å². The van der Waals surface area contributed by atoms with Crippen LogP contribution < -0.4 is 14.9 Å². The fraction of sp³-hybridized carbons (Fsp3) is 0.148. The van der Waals surface area contributed by atoms with Crippen molar-refractivity contribution in [3.63, 3.8) is 0 Å². The zero-order valence-electron chi connectivity index (χ0n) is 20.8. The molecule has 1 aromatic heterocycles. The summed E-state index contributed by atoms with van der Waals surface area (Å²) in [5.41, 5.74) is 5.59. The highest BCUT2D eigenvalue weighted by Crippen LogP contribution is 2.29. The Kier molecular flexibility index (Phi) is 8.77. The third kappa shape index (κ3) is 6.78. The van der Waals surface area contributed by atoms with Crippen molar-refractivity contribution in [1.29, 1.82) is 0 Å². The molecule has 3 aromatic carbocycles. The summed E-state index contributed by atoms with van der Waals surface area (Å²) >= 11 is 7.33. The van der Waals surface area contributed by atoms with Gasteiger partial charge in [0.1, 0.15) is 11.5 Å². The smallest absolute Gasteiger partial charge is 0.308 e. The van der Waals surface area contributed by atoms with Crippen LogP contribution in [0.1, 0.15) is 19.4 Å². The second-order valence-corrected chi connectivity index (χ2v) is 9.36. The number of aromatic nitrogens is 3. The Balaban J connectivity index is 1.48. The molecule has 4 rings (SSSR count). The zero-order valence-corrected chi connectivity index (χ0v) is 22.4. The van der Waals surface area contributed by atoms with Crippen LogP contribution in [0.2, 0.25) is 5.02 Å². The van der Waals surface area contributed by atoms with Crippen molar-refractivity contribution in [2.45, 2.75) is 19.0 Å². The number of amides is 1. The Morgan fingerprint density at radius 3 is 2.24 bits per heavy atom. The van der Waals surface area contributed by atoms with Crippen LogP contribution in [0, 0.1) is 0 Å². The summed E-state index contributed by atoms with van der Waals surface area (Å²) in [6.07, 6.45) is 0. The van der Waals surface area contributed by atoms with Crippen LogP contribution in [0.3, 0.4) is 0 Å². The van der Waals surface area contributed by atoms with E-state index in [1.165, 1.54) is 18.7 Å². The third-order valence-electron chi connectivity index (χ3n) is 5.28. The van der Waals surface area contributed by atoms with E-state index in [1.807, 2.05) is 41.0 Å². The molecule has 0 aliphatic rings. The Morgan fingerprint density at radius 2 is 1.61 bits per heavy atom. The van der Waals surface area contributed by atoms with E-state index in [2.05, 4.69) is 20.7 Å². The maximum atomic E-state index is 12.6. The number of halogens is 1. The molecule has 38 heavy (non-hydrogen) atoms. The van der Waals surface area contributed by atoms with Gasteiger partial charge in [0.25, 0.3) is 5.91 Å². The van der Waals surface area contributed by atoms with Gasteiger partial charge in [0, 0.05) is 23.2 Å². The number of hydrazone groups is 1. The summed E-state index contributed by atoms with van der Waals surface area (Å²) in [5.74, 6) is 1.15. The van der Waals surface area contributed by atoms with Gasteiger partial charge in [0.15, 0.2) is 11.0 Å². The molecule has 0 fully saturated rings. The molecule has 1 amide bonds. The molecule has 0 spiro atoms. The van der Waals surface area contributed by atoms with E-state index in [1.54, 1.807) is 50.4 Å². The van der Waals surface area contributed by atoms with Gasteiger partial charge in [-0.3, -0.25) is 14.2 Å². The zero-order chi connectivity index (χ0) is 27.1. The first-order valence-corrected chi connectivity index (χ1v) is 12.8. The molecule has 0 unspecified atom stereocenters. The molecule has 0 aliphatic carbocycles. The number of rotatable bonds is 9. The van der Waals surface area contributed by atoms with Gasteiger partial charge in [-0.15, -0.1) is 10.2 Å². The minimum Gasteiger partial charge on any atom is -0.497 e. The number of thioether (sulfide) groups is 1. The molecule has 0 aliphatic heterocycles. The standard InChI is InChI=1S/C27H24ClN5O4S/c1-17(19-4-14-24(15-5-19)37-18(2)34)29-30-25(35)16-38-27-32-31-26(20-6-12-23(36-3)13-7-20)33(27)22-10-8-21(28)9-11-22/h4-15H,16H2,1-3H3,(H,30,35)/b29-17+. The lowest BCUT2D eigenvalue weighted by Gasteiger charge is -2.11. The first kappa shape index (κ1) is 26.9. The lowest BCUT2D eigenvalue weighted by molar-refractivity contribution is -0.131. The monoisotopic (exact) mass is 549 g/mol. The van der Waals surface area contributed by atoms with Crippen molar-refractivity contribution in [2.24, 2.45) is 5.10 Å². The van der Waals surface area contributed by atoms with Gasteiger partial charge in [-0.2, -0.15) is 5.10 Å². The average molecular weight is 550 g/mol. The molecule has 0 saturated carbocycles. The molecule has 9 nitrogen and oxygen atoms in total. The van der Waals surface area contributed by atoms with Crippen LogP contribution in [0.15, 0.2) is 83.1 Å². The first-order valence-electron chi connectivity index (χ1n) is 11.4. The molecule has 194 valence electrons. The fourth-order valence-corrected chi connectivity index (χ4v) is 4.29. The SMILES string of the molecule is COc1ccc(-c2nnc(SCC(=O)N/N=C(\C)c3ccc(OC(C)=O)cc3)n2-c2ccc(Cl)cc2)cc1. The highest BCUT2D eigenvalue weighted by molar-refractivity contribution is 7.99. The fourth-order valence-electron chi connectivity index (χ4n) is 3.42. The molecule has 0 saturated heterocycles. The van der Waals surface area contributed by atoms with Crippen LogP contribution in [0.4, 0.5) is 0 Å². The van der Waals surface area contributed by atoms with Gasteiger partial charge in [-0.05, 0) is 85.3 Å². The summed E-state index contributed by atoms with van der Waals surface area (Å²) < 4.78 is 12.2. The average Bonchev–Trinajstić information content (AvgIpc) is 3.35. The number of nitrogens with zero attached hydrogens (tertiary/aromatic N) is 4. The molecule has 0 bridgehead atoms. The maximum Gasteiger partial charge on any atom is 0.308 e. The highest BCUT2D eigenvalue weighted by atomic mass is 35.5. The van der Waals surface area contributed by atoms with Gasteiger partial charge in [-0.25, -0.2) is 5.43 Å². The third-order valence-corrected chi connectivity index (χ3v) is 6.46. The van der Waals surface area contributed by atoms with Gasteiger partial charge in [0.05, 0.1) is 18.6 Å². The Hall–Kier alpha value is -4.15. The Morgan fingerprint density at radius 1 is 0.947 bits per heavy atom. The molecular formula is C27H24ClN5O4S. The van der Waals surface area contributed by atoms with Crippen molar-refractivity contribution in [3.05, 3.63) is 83.4 Å². The normalized spacial score (nSPS) is 11.2. The lowest BCUT2D eigenvalue weighted by atomic mass is 10.1. The number of ether oxygens (including phenoxy) is 2. The summed E-state index contributed by atoms with van der Waals surface area (Å²) in [6.45, 7) is 3.11.